The molecule has 0 saturated carbocycles. The van der Waals surface area contributed by atoms with Gasteiger partial charge < -0.3 is 15.1 Å². The highest BCUT2D eigenvalue weighted by atomic mass is 35.5. The molecule has 0 unspecified atom stereocenters. The van der Waals surface area contributed by atoms with Gasteiger partial charge in [-0.3, -0.25) is 0 Å². The van der Waals surface area contributed by atoms with Gasteiger partial charge in [-0.05, 0) is 38.7 Å². The van der Waals surface area contributed by atoms with Crippen molar-refractivity contribution >= 4 is 22.9 Å². The molecule has 1 saturated heterocycles. The lowest BCUT2D eigenvalue weighted by atomic mass is 10.4. The van der Waals surface area contributed by atoms with Crippen molar-refractivity contribution in [3.8, 4) is 0 Å². The SMILES string of the molecule is CN1CCCN(CCNCc2ccc(Cl)s2)CC1. The lowest BCUT2D eigenvalue weighted by Crippen LogP contribution is -2.34. The number of halogens is 1. The first-order valence-electron chi connectivity index (χ1n) is 6.60. The molecule has 3 nitrogen and oxygen atoms in total. The van der Waals surface area contributed by atoms with E-state index in [1.807, 2.05) is 6.07 Å². The third-order valence-corrected chi connectivity index (χ3v) is 4.58. The molecule has 0 spiro atoms. The van der Waals surface area contributed by atoms with Gasteiger partial charge in [-0.25, -0.2) is 0 Å². The molecule has 1 N–H and O–H groups in total. The van der Waals surface area contributed by atoms with Crippen LogP contribution in [0.4, 0.5) is 0 Å². The van der Waals surface area contributed by atoms with Crippen LogP contribution in [-0.2, 0) is 6.54 Å². The lowest BCUT2D eigenvalue weighted by molar-refractivity contribution is 0.276. The zero-order chi connectivity index (χ0) is 12.8. The Morgan fingerprint density at radius 3 is 2.94 bits per heavy atom. The Labute approximate surface area is 119 Å². The number of nitrogens with one attached hydrogen (secondary N) is 1. The van der Waals surface area contributed by atoms with E-state index in [1.54, 1.807) is 11.3 Å². The Kier molecular flexibility index (Phi) is 5.92. The summed E-state index contributed by atoms with van der Waals surface area (Å²) in [6.07, 6.45) is 1.29. The molecule has 5 heteroatoms. The van der Waals surface area contributed by atoms with Gasteiger partial charge in [0, 0.05) is 37.6 Å². The van der Waals surface area contributed by atoms with E-state index in [0.29, 0.717) is 0 Å². The van der Waals surface area contributed by atoms with Gasteiger partial charge in [-0.2, -0.15) is 0 Å². The second-order valence-electron chi connectivity index (χ2n) is 4.88. The second-order valence-corrected chi connectivity index (χ2v) is 6.68. The number of hydrogen-bond acceptors (Lipinski definition) is 4. The summed E-state index contributed by atoms with van der Waals surface area (Å²) in [4.78, 5) is 6.29. The number of rotatable bonds is 5. The predicted molar refractivity (Wildman–Crippen MR) is 79.6 cm³/mol. The summed E-state index contributed by atoms with van der Waals surface area (Å²) in [5.41, 5.74) is 0. The first kappa shape index (κ1) is 14.3. The Bertz CT molecular complexity index is 356. The van der Waals surface area contributed by atoms with Crippen LogP contribution in [0.5, 0.6) is 0 Å². The molecular weight excluding hydrogens is 266 g/mol. The van der Waals surface area contributed by atoms with Crippen molar-refractivity contribution in [3.63, 3.8) is 0 Å². The molecule has 1 aromatic rings. The fraction of sp³-hybridized carbons (Fsp3) is 0.692. The highest BCUT2D eigenvalue weighted by Gasteiger charge is 2.10. The normalized spacial score (nSPS) is 19.0. The lowest BCUT2D eigenvalue weighted by Gasteiger charge is -2.20. The molecule has 1 aromatic heterocycles. The van der Waals surface area contributed by atoms with Crippen LogP contribution in [0.25, 0.3) is 0 Å². The standard InChI is InChI=1S/C13H22ClN3S/c1-16-6-2-7-17(10-9-16)8-5-15-11-12-3-4-13(14)18-12/h3-4,15H,2,5-11H2,1H3. The number of likely N-dealkylation sites (N-methyl/N-ethyl adjacent to an activating group) is 1. The maximum absolute atomic E-state index is 5.90. The summed E-state index contributed by atoms with van der Waals surface area (Å²) in [5, 5.41) is 3.49. The Morgan fingerprint density at radius 2 is 2.17 bits per heavy atom. The van der Waals surface area contributed by atoms with Gasteiger partial charge in [-0.1, -0.05) is 11.6 Å². The van der Waals surface area contributed by atoms with Crippen LogP contribution in [0.2, 0.25) is 4.34 Å². The van der Waals surface area contributed by atoms with Crippen LogP contribution in [0.3, 0.4) is 0 Å². The summed E-state index contributed by atoms with van der Waals surface area (Å²) in [7, 11) is 2.21. The van der Waals surface area contributed by atoms with Crippen molar-refractivity contribution in [2.45, 2.75) is 13.0 Å². The topological polar surface area (TPSA) is 18.5 Å². The summed E-state index contributed by atoms with van der Waals surface area (Å²) < 4.78 is 0.877. The van der Waals surface area contributed by atoms with Crippen molar-refractivity contribution in [2.75, 3.05) is 46.3 Å². The van der Waals surface area contributed by atoms with Crippen molar-refractivity contribution in [1.29, 1.82) is 0 Å². The third-order valence-electron chi connectivity index (χ3n) is 3.35. The molecule has 2 heterocycles. The minimum atomic E-state index is 0.877. The van der Waals surface area contributed by atoms with Crippen molar-refractivity contribution in [2.24, 2.45) is 0 Å². The molecule has 18 heavy (non-hydrogen) atoms. The average Bonchev–Trinajstić information content (AvgIpc) is 2.65. The zero-order valence-corrected chi connectivity index (χ0v) is 12.6. The zero-order valence-electron chi connectivity index (χ0n) is 11.0. The number of hydrogen-bond donors (Lipinski definition) is 1. The van der Waals surface area contributed by atoms with Crippen molar-refractivity contribution < 1.29 is 0 Å². The van der Waals surface area contributed by atoms with E-state index in [1.165, 1.54) is 37.5 Å². The van der Waals surface area contributed by atoms with Gasteiger partial charge in [0.1, 0.15) is 0 Å². The summed E-state index contributed by atoms with van der Waals surface area (Å²) in [6.45, 7) is 8.00. The molecule has 0 radical (unpaired) electrons. The molecule has 0 atom stereocenters. The van der Waals surface area contributed by atoms with Crippen LogP contribution < -0.4 is 5.32 Å². The summed E-state index contributed by atoms with van der Waals surface area (Å²) in [5.74, 6) is 0. The van der Waals surface area contributed by atoms with E-state index in [4.69, 9.17) is 11.6 Å². The van der Waals surface area contributed by atoms with E-state index in [0.717, 1.165) is 24.0 Å². The first-order valence-corrected chi connectivity index (χ1v) is 7.79. The van der Waals surface area contributed by atoms with Crippen LogP contribution in [-0.4, -0.2) is 56.1 Å². The van der Waals surface area contributed by atoms with E-state index in [-0.39, 0.29) is 0 Å². The average molecular weight is 288 g/mol. The van der Waals surface area contributed by atoms with E-state index < -0.39 is 0 Å². The molecular formula is C13H22ClN3S. The first-order chi connectivity index (χ1) is 8.74. The quantitative estimate of drug-likeness (QED) is 0.837. The number of thiophene rings is 1. The van der Waals surface area contributed by atoms with Gasteiger partial charge in [0.2, 0.25) is 0 Å². The van der Waals surface area contributed by atoms with Crippen molar-refractivity contribution in [1.82, 2.24) is 15.1 Å². The Hall–Kier alpha value is -0.130. The van der Waals surface area contributed by atoms with Crippen LogP contribution in [0.15, 0.2) is 12.1 Å². The second kappa shape index (κ2) is 7.46. The predicted octanol–water partition coefficient (Wildman–Crippen LogP) is 2.13. The summed E-state index contributed by atoms with van der Waals surface area (Å²) >= 11 is 7.56. The fourth-order valence-electron chi connectivity index (χ4n) is 2.22. The Balaban J connectivity index is 1.60. The highest BCUT2D eigenvalue weighted by molar-refractivity contribution is 7.16. The van der Waals surface area contributed by atoms with Crippen LogP contribution in [0.1, 0.15) is 11.3 Å². The summed E-state index contributed by atoms with van der Waals surface area (Å²) in [6, 6.07) is 4.06. The number of nitrogens with zero attached hydrogens (tertiary/aromatic N) is 2. The minimum absolute atomic E-state index is 0.877. The van der Waals surface area contributed by atoms with Gasteiger partial charge in [-0.15, -0.1) is 11.3 Å². The van der Waals surface area contributed by atoms with Gasteiger partial charge in [0.25, 0.3) is 0 Å². The molecule has 0 aliphatic carbocycles. The van der Waals surface area contributed by atoms with E-state index >= 15 is 0 Å². The van der Waals surface area contributed by atoms with Crippen LogP contribution >= 0.6 is 22.9 Å². The monoisotopic (exact) mass is 287 g/mol. The molecule has 1 aliphatic rings. The molecule has 0 aromatic carbocycles. The van der Waals surface area contributed by atoms with Gasteiger partial charge in [0.05, 0.1) is 4.34 Å². The largest absolute Gasteiger partial charge is 0.311 e. The molecule has 1 fully saturated rings. The smallest absolute Gasteiger partial charge is 0.0931 e. The molecule has 1 aliphatic heterocycles. The highest BCUT2D eigenvalue weighted by Crippen LogP contribution is 2.20. The molecule has 102 valence electrons. The van der Waals surface area contributed by atoms with E-state index in [2.05, 4.69) is 28.2 Å². The van der Waals surface area contributed by atoms with E-state index in [9.17, 15) is 0 Å². The van der Waals surface area contributed by atoms with Gasteiger partial charge in [0.15, 0.2) is 0 Å². The van der Waals surface area contributed by atoms with Gasteiger partial charge >= 0.3 is 0 Å². The minimum Gasteiger partial charge on any atom is -0.311 e. The fourth-order valence-corrected chi connectivity index (χ4v) is 3.28. The molecule has 0 bridgehead atoms. The maximum atomic E-state index is 5.90. The third kappa shape index (κ3) is 4.86. The molecule has 0 amide bonds. The molecule has 2 rings (SSSR count). The van der Waals surface area contributed by atoms with Crippen molar-refractivity contribution in [3.05, 3.63) is 21.3 Å². The Morgan fingerprint density at radius 1 is 1.28 bits per heavy atom. The van der Waals surface area contributed by atoms with Crippen LogP contribution in [0, 0.1) is 0 Å². The maximum Gasteiger partial charge on any atom is 0.0931 e.